The van der Waals surface area contributed by atoms with Crippen LogP contribution in [0, 0.1) is 11.6 Å². The highest BCUT2D eigenvalue weighted by molar-refractivity contribution is 5.89. The zero-order chi connectivity index (χ0) is 14.5. The number of hydrogen-bond acceptors (Lipinski definition) is 2. The third-order valence-corrected chi connectivity index (χ3v) is 3.59. The molecule has 2 amide bonds. The van der Waals surface area contributed by atoms with Gasteiger partial charge in [-0.2, -0.15) is 0 Å². The molecule has 0 saturated carbocycles. The van der Waals surface area contributed by atoms with E-state index in [1.807, 2.05) is 0 Å². The van der Waals surface area contributed by atoms with Gasteiger partial charge in [0, 0.05) is 19.2 Å². The number of amides is 2. The van der Waals surface area contributed by atoms with Crippen molar-refractivity contribution in [3.8, 4) is 0 Å². The Labute approximate surface area is 117 Å². The van der Waals surface area contributed by atoms with Crippen molar-refractivity contribution in [2.24, 2.45) is 0 Å². The fourth-order valence-corrected chi connectivity index (χ4v) is 2.35. The number of hydrogen-bond donors (Lipinski definition) is 2. The maximum Gasteiger partial charge on any atom is 0.321 e. The molecule has 1 aromatic carbocycles. The van der Waals surface area contributed by atoms with Gasteiger partial charge in [-0.15, -0.1) is 0 Å². The summed E-state index contributed by atoms with van der Waals surface area (Å²) in [6.45, 7) is 1.83. The second-order valence-electron chi connectivity index (χ2n) is 5.00. The lowest BCUT2D eigenvalue weighted by atomic mass is 10.1. The quantitative estimate of drug-likeness (QED) is 0.876. The average molecular weight is 283 g/mol. The summed E-state index contributed by atoms with van der Waals surface area (Å²) in [6.07, 6.45) is 2.80. The number of urea groups is 1. The minimum atomic E-state index is -0.769. The van der Waals surface area contributed by atoms with Gasteiger partial charge in [0.2, 0.25) is 0 Å². The van der Waals surface area contributed by atoms with Crippen LogP contribution in [-0.4, -0.2) is 37.1 Å². The number of nitrogens with one attached hydrogen (secondary N) is 2. The van der Waals surface area contributed by atoms with E-state index in [0.717, 1.165) is 44.5 Å². The Morgan fingerprint density at radius 2 is 2.15 bits per heavy atom. The molecule has 1 atom stereocenters. The summed E-state index contributed by atoms with van der Waals surface area (Å²) in [7, 11) is 1.70. The first kappa shape index (κ1) is 14.7. The summed E-state index contributed by atoms with van der Waals surface area (Å²) in [4.78, 5) is 13.7. The fourth-order valence-electron chi connectivity index (χ4n) is 2.35. The van der Waals surface area contributed by atoms with Crippen LogP contribution in [0.25, 0.3) is 0 Å². The summed E-state index contributed by atoms with van der Waals surface area (Å²) >= 11 is 0. The maximum atomic E-state index is 13.5. The molecule has 110 valence electrons. The van der Waals surface area contributed by atoms with Gasteiger partial charge in [-0.25, -0.2) is 13.6 Å². The zero-order valence-electron chi connectivity index (χ0n) is 11.5. The van der Waals surface area contributed by atoms with Crippen molar-refractivity contribution in [2.45, 2.75) is 25.3 Å². The summed E-state index contributed by atoms with van der Waals surface area (Å²) < 4.78 is 26.3. The minimum absolute atomic E-state index is 0.00463. The van der Waals surface area contributed by atoms with E-state index < -0.39 is 11.6 Å². The van der Waals surface area contributed by atoms with E-state index >= 15 is 0 Å². The van der Waals surface area contributed by atoms with Crippen molar-refractivity contribution < 1.29 is 13.6 Å². The topological polar surface area (TPSA) is 44.4 Å². The molecule has 1 aliphatic heterocycles. The largest absolute Gasteiger partial charge is 0.325 e. The summed E-state index contributed by atoms with van der Waals surface area (Å²) in [5, 5.41) is 5.76. The minimum Gasteiger partial charge on any atom is -0.325 e. The van der Waals surface area contributed by atoms with Gasteiger partial charge >= 0.3 is 6.03 Å². The van der Waals surface area contributed by atoms with Crippen LogP contribution in [0.3, 0.4) is 0 Å². The molecule has 20 heavy (non-hydrogen) atoms. The first-order chi connectivity index (χ1) is 9.58. The zero-order valence-corrected chi connectivity index (χ0v) is 11.5. The van der Waals surface area contributed by atoms with Gasteiger partial charge in [0.15, 0.2) is 0 Å². The maximum absolute atomic E-state index is 13.5. The number of halogens is 2. The van der Waals surface area contributed by atoms with Crippen molar-refractivity contribution in [3.63, 3.8) is 0 Å². The second-order valence-corrected chi connectivity index (χ2v) is 5.00. The average Bonchev–Trinajstić information content (AvgIpc) is 2.70. The summed E-state index contributed by atoms with van der Waals surface area (Å²) in [6, 6.07) is 2.86. The third kappa shape index (κ3) is 3.66. The summed E-state index contributed by atoms with van der Waals surface area (Å²) in [5.41, 5.74) is -0.00463. The molecule has 2 rings (SSSR count). The number of benzene rings is 1. The molecular weight excluding hydrogens is 264 g/mol. The molecule has 0 spiro atoms. The predicted molar refractivity (Wildman–Crippen MR) is 73.6 cm³/mol. The molecule has 1 unspecified atom stereocenters. The van der Waals surface area contributed by atoms with Crippen LogP contribution in [0.4, 0.5) is 19.3 Å². The van der Waals surface area contributed by atoms with Gasteiger partial charge < -0.3 is 15.5 Å². The Morgan fingerprint density at radius 3 is 2.90 bits per heavy atom. The lowest BCUT2D eigenvalue weighted by molar-refractivity contribution is 0.198. The molecule has 1 saturated heterocycles. The highest BCUT2D eigenvalue weighted by Gasteiger charge is 2.21. The molecule has 1 fully saturated rings. The van der Waals surface area contributed by atoms with Gasteiger partial charge in [-0.05, 0) is 44.5 Å². The summed E-state index contributed by atoms with van der Waals surface area (Å²) in [5.74, 6) is -1.43. The van der Waals surface area contributed by atoms with E-state index in [4.69, 9.17) is 0 Å². The molecule has 4 nitrogen and oxygen atoms in total. The lowest BCUT2D eigenvalue weighted by Crippen LogP contribution is -2.40. The molecule has 0 radical (unpaired) electrons. The van der Waals surface area contributed by atoms with E-state index in [1.54, 1.807) is 11.9 Å². The van der Waals surface area contributed by atoms with Crippen LogP contribution < -0.4 is 10.6 Å². The van der Waals surface area contributed by atoms with Crippen LogP contribution in [-0.2, 0) is 0 Å². The monoisotopic (exact) mass is 283 g/mol. The van der Waals surface area contributed by atoms with Gasteiger partial charge in [-0.1, -0.05) is 0 Å². The number of anilines is 1. The molecule has 0 aromatic heterocycles. The van der Waals surface area contributed by atoms with Crippen LogP contribution in [0.1, 0.15) is 19.3 Å². The smallest absolute Gasteiger partial charge is 0.321 e. The highest BCUT2D eigenvalue weighted by atomic mass is 19.1. The SMILES string of the molecule is CN(C(=O)Nc1ccc(F)cc1F)C1CCCNCC1. The molecule has 2 N–H and O–H groups in total. The Kier molecular flexibility index (Phi) is 4.89. The molecule has 1 aromatic rings. The van der Waals surface area contributed by atoms with E-state index in [9.17, 15) is 13.6 Å². The van der Waals surface area contributed by atoms with Gasteiger partial charge in [0.1, 0.15) is 11.6 Å². The number of rotatable bonds is 2. The normalized spacial score (nSPS) is 19.2. The Hall–Kier alpha value is -1.69. The number of carbonyl (C=O) groups is 1. The lowest BCUT2D eigenvalue weighted by Gasteiger charge is -2.27. The van der Waals surface area contributed by atoms with Crippen molar-refractivity contribution in [1.29, 1.82) is 0 Å². The Balaban J connectivity index is 1.99. The number of carbonyl (C=O) groups excluding carboxylic acids is 1. The van der Waals surface area contributed by atoms with E-state index in [2.05, 4.69) is 10.6 Å². The van der Waals surface area contributed by atoms with Crippen molar-refractivity contribution >= 4 is 11.7 Å². The van der Waals surface area contributed by atoms with Crippen LogP contribution in [0.15, 0.2) is 18.2 Å². The standard InChI is InChI=1S/C14H19F2N3O/c1-19(11-3-2-7-17-8-6-11)14(20)18-13-5-4-10(15)9-12(13)16/h4-5,9,11,17H,2-3,6-8H2,1H3,(H,18,20). The molecular formula is C14H19F2N3O. The number of nitrogens with zero attached hydrogens (tertiary/aromatic N) is 1. The molecule has 0 bridgehead atoms. The van der Waals surface area contributed by atoms with E-state index in [0.29, 0.717) is 0 Å². The van der Waals surface area contributed by atoms with E-state index in [1.165, 1.54) is 6.07 Å². The molecule has 0 aliphatic carbocycles. The fraction of sp³-hybridized carbons (Fsp3) is 0.500. The first-order valence-electron chi connectivity index (χ1n) is 6.77. The Bertz CT molecular complexity index is 473. The molecule has 6 heteroatoms. The first-order valence-corrected chi connectivity index (χ1v) is 6.77. The third-order valence-electron chi connectivity index (χ3n) is 3.59. The second kappa shape index (κ2) is 6.65. The Morgan fingerprint density at radius 1 is 1.35 bits per heavy atom. The predicted octanol–water partition coefficient (Wildman–Crippen LogP) is 2.57. The molecule has 1 aliphatic rings. The van der Waals surface area contributed by atoms with Gasteiger partial charge in [0.05, 0.1) is 5.69 Å². The van der Waals surface area contributed by atoms with Crippen LogP contribution in [0.5, 0.6) is 0 Å². The highest BCUT2D eigenvalue weighted by Crippen LogP contribution is 2.17. The van der Waals surface area contributed by atoms with Crippen molar-refractivity contribution in [1.82, 2.24) is 10.2 Å². The van der Waals surface area contributed by atoms with Gasteiger partial charge in [0.25, 0.3) is 0 Å². The van der Waals surface area contributed by atoms with Gasteiger partial charge in [-0.3, -0.25) is 0 Å². The van der Waals surface area contributed by atoms with Crippen molar-refractivity contribution in [3.05, 3.63) is 29.8 Å². The van der Waals surface area contributed by atoms with Crippen molar-refractivity contribution in [2.75, 3.05) is 25.5 Å². The van der Waals surface area contributed by atoms with Crippen LogP contribution >= 0.6 is 0 Å². The van der Waals surface area contributed by atoms with E-state index in [-0.39, 0.29) is 17.8 Å². The molecule has 1 heterocycles. The van der Waals surface area contributed by atoms with Crippen LogP contribution in [0.2, 0.25) is 0 Å².